The molecule has 182 valence electrons. The number of amides is 1. The number of rotatable bonds is 7. The maximum Gasteiger partial charge on any atom is 0.252 e. The molecule has 1 saturated heterocycles. The van der Waals surface area contributed by atoms with Crippen molar-refractivity contribution in [1.82, 2.24) is 15.6 Å². The number of carbonyl (C=O) groups excluding carboxylic acids is 2. The second kappa shape index (κ2) is 9.99. The number of ketones is 1. The first-order chi connectivity index (χ1) is 16.9. The number of aromatic nitrogens is 1. The fraction of sp³-hybridized carbons (Fsp3) is 0.393. The van der Waals surface area contributed by atoms with Gasteiger partial charge in [0.1, 0.15) is 17.6 Å². The Morgan fingerprint density at radius 2 is 1.91 bits per heavy atom. The molecule has 7 heteroatoms. The molecule has 1 aliphatic heterocycles. The largest absolute Gasteiger partial charge is 0.340 e. The van der Waals surface area contributed by atoms with Crippen LogP contribution >= 0.6 is 11.3 Å². The molecule has 2 heterocycles. The summed E-state index contributed by atoms with van der Waals surface area (Å²) >= 11 is 1.59. The van der Waals surface area contributed by atoms with Crippen LogP contribution in [0.2, 0.25) is 0 Å². The van der Waals surface area contributed by atoms with E-state index in [1.807, 2.05) is 25.1 Å². The molecule has 5 rings (SSSR count). The van der Waals surface area contributed by atoms with E-state index in [9.17, 15) is 14.0 Å². The molecule has 0 bridgehead atoms. The molecule has 0 spiro atoms. The van der Waals surface area contributed by atoms with Crippen LogP contribution in [0.1, 0.15) is 75.0 Å². The number of carbonyl (C=O) groups is 2. The Balaban J connectivity index is 1.52. The van der Waals surface area contributed by atoms with Crippen molar-refractivity contribution in [3.63, 3.8) is 0 Å². The zero-order chi connectivity index (χ0) is 24.5. The summed E-state index contributed by atoms with van der Waals surface area (Å²) in [6.45, 7) is 4.40. The van der Waals surface area contributed by atoms with Gasteiger partial charge in [-0.2, -0.15) is 0 Å². The van der Waals surface area contributed by atoms with Crippen molar-refractivity contribution in [1.29, 1.82) is 0 Å². The van der Waals surface area contributed by atoms with E-state index in [0.717, 1.165) is 59.7 Å². The van der Waals surface area contributed by atoms with Crippen LogP contribution in [0.4, 0.5) is 4.39 Å². The van der Waals surface area contributed by atoms with Crippen molar-refractivity contribution in [3.8, 4) is 10.4 Å². The molecule has 1 aliphatic carbocycles. The minimum absolute atomic E-state index is 0.188. The lowest BCUT2D eigenvalue weighted by atomic mass is 9.92. The number of thiazole rings is 1. The summed E-state index contributed by atoms with van der Waals surface area (Å²) in [5, 5.41) is 7.38. The van der Waals surface area contributed by atoms with E-state index >= 15 is 0 Å². The smallest absolute Gasteiger partial charge is 0.252 e. The van der Waals surface area contributed by atoms with E-state index in [4.69, 9.17) is 4.98 Å². The molecular weight excluding hydrogens is 461 g/mol. The van der Waals surface area contributed by atoms with E-state index in [1.54, 1.807) is 24.3 Å². The molecule has 3 aromatic rings. The first-order valence-corrected chi connectivity index (χ1v) is 13.2. The Morgan fingerprint density at radius 1 is 1.11 bits per heavy atom. The molecule has 1 amide bonds. The molecule has 2 aromatic carbocycles. The molecule has 2 N–H and O–H groups in total. The van der Waals surface area contributed by atoms with Gasteiger partial charge in [-0.25, -0.2) is 9.37 Å². The fourth-order valence-electron chi connectivity index (χ4n) is 4.72. The van der Waals surface area contributed by atoms with Gasteiger partial charge in [-0.05, 0) is 69.3 Å². The average Bonchev–Trinajstić information content (AvgIpc) is 3.62. The van der Waals surface area contributed by atoms with Crippen LogP contribution in [-0.4, -0.2) is 35.3 Å². The quantitative estimate of drug-likeness (QED) is 0.424. The number of piperidine rings is 1. The predicted octanol–water partition coefficient (Wildman–Crippen LogP) is 5.57. The van der Waals surface area contributed by atoms with E-state index in [2.05, 4.69) is 16.7 Å². The third kappa shape index (κ3) is 5.07. The van der Waals surface area contributed by atoms with Crippen molar-refractivity contribution in [3.05, 3.63) is 75.7 Å². The third-order valence-corrected chi connectivity index (χ3v) is 8.18. The average molecular weight is 492 g/mol. The van der Waals surface area contributed by atoms with Gasteiger partial charge < -0.3 is 10.6 Å². The minimum atomic E-state index is -0.789. The summed E-state index contributed by atoms with van der Waals surface area (Å²) in [6.07, 6.45) is 4.98. The van der Waals surface area contributed by atoms with Gasteiger partial charge in [0, 0.05) is 17.5 Å². The number of Topliss-reactive ketones (excluding diaryl/α,β-unsaturated/α-hetero) is 1. The van der Waals surface area contributed by atoms with Crippen molar-refractivity contribution < 1.29 is 14.0 Å². The monoisotopic (exact) mass is 491 g/mol. The highest BCUT2D eigenvalue weighted by Gasteiger charge is 2.37. The fourth-order valence-corrected chi connectivity index (χ4v) is 5.96. The normalized spacial score (nSPS) is 18.8. The van der Waals surface area contributed by atoms with Gasteiger partial charge in [0.25, 0.3) is 5.91 Å². The number of aryl methyl sites for hydroxylation is 1. The third-order valence-electron chi connectivity index (χ3n) is 6.92. The lowest BCUT2D eigenvalue weighted by molar-refractivity contribution is 0.0822. The Morgan fingerprint density at radius 3 is 2.63 bits per heavy atom. The summed E-state index contributed by atoms with van der Waals surface area (Å²) < 4.78 is 14.1. The molecular formula is C28H30FN3O2S. The molecule has 5 nitrogen and oxygen atoms in total. The molecule has 1 saturated carbocycles. The van der Waals surface area contributed by atoms with Crippen LogP contribution < -0.4 is 10.6 Å². The molecule has 1 unspecified atom stereocenters. The summed E-state index contributed by atoms with van der Waals surface area (Å²) in [5.41, 5.74) is 3.03. The zero-order valence-electron chi connectivity index (χ0n) is 20.1. The Kier molecular flexibility index (Phi) is 6.80. The highest BCUT2D eigenvalue weighted by atomic mass is 32.1. The number of hydrogen-bond acceptors (Lipinski definition) is 5. The zero-order valence-corrected chi connectivity index (χ0v) is 20.9. The maximum atomic E-state index is 14.1. The van der Waals surface area contributed by atoms with Gasteiger partial charge in [0.15, 0.2) is 0 Å². The Hall–Kier alpha value is -2.90. The van der Waals surface area contributed by atoms with Crippen molar-refractivity contribution in [2.75, 3.05) is 6.54 Å². The molecule has 35 heavy (non-hydrogen) atoms. The first-order valence-electron chi connectivity index (χ1n) is 12.3. The first kappa shape index (κ1) is 23.8. The molecule has 0 radical (unpaired) electrons. The number of halogens is 1. The van der Waals surface area contributed by atoms with Crippen LogP contribution in [-0.2, 0) is 0 Å². The lowest BCUT2D eigenvalue weighted by Crippen LogP contribution is -2.56. The second-order valence-electron chi connectivity index (χ2n) is 9.66. The van der Waals surface area contributed by atoms with Crippen molar-refractivity contribution in [2.45, 2.75) is 64.0 Å². The number of hydrogen-bond donors (Lipinski definition) is 2. The summed E-state index contributed by atoms with van der Waals surface area (Å²) in [6, 6.07) is 11.6. The van der Waals surface area contributed by atoms with Gasteiger partial charge in [0.05, 0.1) is 9.88 Å². The van der Waals surface area contributed by atoms with Crippen molar-refractivity contribution in [2.24, 2.45) is 0 Å². The van der Waals surface area contributed by atoms with Crippen LogP contribution in [0.3, 0.4) is 0 Å². The van der Waals surface area contributed by atoms with E-state index in [-0.39, 0.29) is 23.0 Å². The number of nitrogens with zero attached hydrogens (tertiary/aromatic N) is 1. The molecule has 1 aromatic heterocycles. The van der Waals surface area contributed by atoms with Gasteiger partial charge in [0.2, 0.25) is 5.78 Å². The summed E-state index contributed by atoms with van der Waals surface area (Å²) in [7, 11) is 0. The van der Waals surface area contributed by atoms with E-state index in [1.165, 1.54) is 12.1 Å². The van der Waals surface area contributed by atoms with Crippen molar-refractivity contribution >= 4 is 23.0 Å². The molecule has 2 atom stereocenters. The van der Waals surface area contributed by atoms with Crippen LogP contribution in [0.5, 0.6) is 0 Å². The lowest BCUT2D eigenvalue weighted by Gasteiger charge is -2.31. The van der Waals surface area contributed by atoms with Crippen LogP contribution in [0.25, 0.3) is 10.4 Å². The van der Waals surface area contributed by atoms with Gasteiger partial charge in [-0.15, -0.1) is 11.3 Å². The maximum absolute atomic E-state index is 14.1. The highest BCUT2D eigenvalue weighted by Crippen LogP contribution is 2.45. The second-order valence-corrected chi connectivity index (χ2v) is 10.7. The minimum Gasteiger partial charge on any atom is -0.340 e. The van der Waals surface area contributed by atoms with Gasteiger partial charge in [-0.1, -0.05) is 42.3 Å². The van der Waals surface area contributed by atoms with E-state index < -0.39 is 17.8 Å². The van der Waals surface area contributed by atoms with Gasteiger partial charge in [-0.3, -0.25) is 9.59 Å². The topological polar surface area (TPSA) is 71.1 Å². The predicted molar refractivity (Wildman–Crippen MR) is 137 cm³/mol. The molecule has 2 fully saturated rings. The van der Waals surface area contributed by atoms with Crippen LogP contribution in [0, 0.1) is 19.7 Å². The Labute approximate surface area is 209 Å². The highest BCUT2D eigenvalue weighted by molar-refractivity contribution is 7.15. The molecule has 2 aliphatic rings. The van der Waals surface area contributed by atoms with E-state index in [0.29, 0.717) is 11.6 Å². The number of nitrogens with one attached hydrogen (secondary N) is 2. The number of benzene rings is 2. The van der Waals surface area contributed by atoms with Gasteiger partial charge >= 0.3 is 0 Å². The summed E-state index contributed by atoms with van der Waals surface area (Å²) in [5.74, 6) is -0.651. The standard InChI is InChI=1S/C28H30FN3O2S/c1-16-7-5-8-19(15-16)26-24(32-28(35-26)18-12-13-18)25(33)23(22-11-3-4-14-30-22)31-27(34)20-9-6-10-21(29)17(20)2/h5-10,15,18,22-23,30H,3-4,11-14H2,1-2H3,(H,31,34)/t22?,23-/m0/s1. The summed E-state index contributed by atoms with van der Waals surface area (Å²) in [4.78, 5) is 33.1. The SMILES string of the molecule is Cc1cccc(-c2sc(C3CC3)nc2C(=O)[C@@H](NC(=O)c2cccc(F)c2C)C2CCCCN2)c1. The van der Waals surface area contributed by atoms with Crippen LogP contribution in [0.15, 0.2) is 42.5 Å². The Bertz CT molecular complexity index is 1260.